The Labute approximate surface area is 93.7 Å². The van der Waals surface area contributed by atoms with Gasteiger partial charge in [-0.25, -0.2) is 0 Å². The Morgan fingerprint density at radius 1 is 1.50 bits per heavy atom. The van der Waals surface area contributed by atoms with Crippen LogP contribution in [0.3, 0.4) is 0 Å². The molecule has 0 saturated carbocycles. The molecular weight excluding hydrogens is 214 g/mol. The van der Waals surface area contributed by atoms with Crippen LogP contribution in [0.4, 0.5) is 5.69 Å². The lowest BCUT2D eigenvalue weighted by molar-refractivity contribution is 1.00. The molecule has 0 N–H and O–H groups in total. The van der Waals surface area contributed by atoms with Gasteiger partial charge in [-0.15, -0.1) is 0 Å². The first kappa shape index (κ1) is 9.94. The van der Waals surface area contributed by atoms with Crippen LogP contribution in [-0.2, 0) is 0 Å². The molecule has 2 rings (SSSR count). The molecule has 0 bridgehead atoms. The fourth-order valence-corrected chi connectivity index (χ4v) is 2.87. The van der Waals surface area contributed by atoms with Crippen LogP contribution in [0.15, 0.2) is 34.2 Å². The lowest BCUT2D eigenvalue weighted by Gasteiger charge is -2.17. The summed E-state index contributed by atoms with van der Waals surface area (Å²) in [6.07, 6.45) is 2.14. The van der Waals surface area contributed by atoms with Gasteiger partial charge in [-0.2, -0.15) is 0 Å². The zero-order valence-electron chi connectivity index (χ0n) is 8.25. The standard InChI is InChI=1S/C11H12ClNS/c1-3-11-13(4-2)9-7-8(12)5-6-10(9)14-11/h3,5-7H,4H2,1-2H3/b11-3-. The van der Waals surface area contributed by atoms with Crippen LogP contribution in [0, 0.1) is 0 Å². The van der Waals surface area contributed by atoms with Crippen LogP contribution < -0.4 is 4.90 Å². The molecule has 1 heterocycles. The van der Waals surface area contributed by atoms with E-state index >= 15 is 0 Å². The van der Waals surface area contributed by atoms with Gasteiger partial charge in [-0.3, -0.25) is 0 Å². The Kier molecular flexibility index (Phi) is 2.75. The van der Waals surface area contributed by atoms with Gasteiger partial charge in [0.1, 0.15) is 0 Å². The lowest BCUT2D eigenvalue weighted by atomic mass is 10.3. The summed E-state index contributed by atoms with van der Waals surface area (Å²) < 4.78 is 0. The van der Waals surface area contributed by atoms with Crippen molar-refractivity contribution in [3.8, 4) is 0 Å². The van der Waals surface area contributed by atoms with E-state index in [0.717, 1.165) is 11.6 Å². The molecule has 0 amide bonds. The van der Waals surface area contributed by atoms with Crippen molar-refractivity contribution in [1.29, 1.82) is 0 Å². The van der Waals surface area contributed by atoms with Gasteiger partial charge < -0.3 is 4.90 Å². The van der Waals surface area contributed by atoms with Crippen LogP contribution in [-0.4, -0.2) is 6.54 Å². The quantitative estimate of drug-likeness (QED) is 0.707. The van der Waals surface area contributed by atoms with Crippen molar-refractivity contribution in [2.45, 2.75) is 18.7 Å². The van der Waals surface area contributed by atoms with E-state index < -0.39 is 0 Å². The van der Waals surface area contributed by atoms with Crippen molar-refractivity contribution in [1.82, 2.24) is 0 Å². The van der Waals surface area contributed by atoms with E-state index in [0.29, 0.717) is 0 Å². The molecule has 0 atom stereocenters. The third-order valence-corrected chi connectivity index (χ3v) is 3.72. The summed E-state index contributed by atoms with van der Waals surface area (Å²) in [6, 6.07) is 6.06. The molecule has 74 valence electrons. The van der Waals surface area contributed by atoms with Crippen LogP contribution >= 0.6 is 23.4 Å². The van der Waals surface area contributed by atoms with Gasteiger partial charge in [-0.1, -0.05) is 29.4 Å². The predicted octanol–water partition coefficient (Wildman–Crippen LogP) is 4.13. The Morgan fingerprint density at radius 3 is 2.93 bits per heavy atom. The number of thioether (sulfide) groups is 1. The zero-order valence-corrected chi connectivity index (χ0v) is 9.82. The summed E-state index contributed by atoms with van der Waals surface area (Å²) in [4.78, 5) is 3.58. The van der Waals surface area contributed by atoms with Gasteiger partial charge in [0.2, 0.25) is 0 Å². The molecule has 3 heteroatoms. The molecule has 1 aliphatic heterocycles. The Morgan fingerprint density at radius 2 is 2.29 bits per heavy atom. The zero-order chi connectivity index (χ0) is 10.1. The molecule has 0 aromatic heterocycles. The van der Waals surface area contributed by atoms with Crippen molar-refractivity contribution < 1.29 is 0 Å². The Bertz CT molecular complexity index is 387. The van der Waals surface area contributed by atoms with Crippen molar-refractivity contribution in [3.63, 3.8) is 0 Å². The van der Waals surface area contributed by atoms with E-state index in [1.165, 1.54) is 15.6 Å². The van der Waals surface area contributed by atoms with Crippen molar-refractivity contribution in [2.24, 2.45) is 0 Å². The van der Waals surface area contributed by atoms with E-state index in [1.807, 2.05) is 12.1 Å². The number of allylic oxidation sites excluding steroid dienone is 1. The predicted molar refractivity (Wildman–Crippen MR) is 64.1 cm³/mol. The summed E-state index contributed by atoms with van der Waals surface area (Å²) in [6.45, 7) is 5.21. The maximum absolute atomic E-state index is 5.98. The summed E-state index contributed by atoms with van der Waals surface area (Å²) in [7, 11) is 0. The van der Waals surface area contributed by atoms with Crippen molar-refractivity contribution >= 4 is 29.1 Å². The average molecular weight is 226 g/mol. The Hall–Kier alpha value is -0.600. The van der Waals surface area contributed by atoms with Crippen LogP contribution in [0.1, 0.15) is 13.8 Å². The average Bonchev–Trinajstić information content (AvgIpc) is 2.54. The second-order valence-electron chi connectivity index (χ2n) is 3.09. The van der Waals surface area contributed by atoms with Gasteiger partial charge in [0.05, 0.1) is 10.7 Å². The molecule has 1 aromatic rings. The number of hydrogen-bond donors (Lipinski definition) is 0. The van der Waals surface area contributed by atoms with Crippen molar-refractivity contribution in [3.05, 3.63) is 34.3 Å². The topological polar surface area (TPSA) is 3.24 Å². The number of rotatable bonds is 1. The van der Waals surface area contributed by atoms with E-state index in [2.05, 4.69) is 30.9 Å². The lowest BCUT2D eigenvalue weighted by Crippen LogP contribution is -2.16. The minimum Gasteiger partial charge on any atom is -0.336 e. The summed E-state index contributed by atoms with van der Waals surface area (Å²) in [5.41, 5.74) is 1.23. The maximum atomic E-state index is 5.98. The smallest absolute Gasteiger partial charge is 0.0757 e. The molecule has 0 spiro atoms. The minimum atomic E-state index is 0.806. The van der Waals surface area contributed by atoms with E-state index in [-0.39, 0.29) is 0 Å². The number of halogens is 1. The van der Waals surface area contributed by atoms with Gasteiger partial charge in [-0.05, 0) is 32.0 Å². The van der Waals surface area contributed by atoms with Crippen LogP contribution in [0.2, 0.25) is 5.02 Å². The largest absolute Gasteiger partial charge is 0.336 e. The fourth-order valence-electron chi connectivity index (χ4n) is 1.62. The molecule has 0 aliphatic carbocycles. The summed E-state index contributed by atoms with van der Waals surface area (Å²) in [5.74, 6) is 0. The second-order valence-corrected chi connectivity index (χ2v) is 4.58. The fraction of sp³-hybridized carbons (Fsp3) is 0.273. The number of benzene rings is 1. The summed E-state index contributed by atoms with van der Waals surface area (Å²) >= 11 is 7.79. The SMILES string of the molecule is C/C=C1\Sc2ccc(Cl)cc2N1CC. The number of hydrogen-bond acceptors (Lipinski definition) is 2. The second kappa shape index (κ2) is 3.87. The number of anilines is 1. The highest BCUT2D eigenvalue weighted by Crippen LogP contribution is 2.46. The van der Waals surface area contributed by atoms with E-state index in [1.54, 1.807) is 11.8 Å². The van der Waals surface area contributed by atoms with E-state index in [4.69, 9.17) is 11.6 Å². The third kappa shape index (κ3) is 1.53. The first-order valence-corrected chi connectivity index (χ1v) is 5.87. The van der Waals surface area contributed by atoms with Crippen LogP contribution in [0.25, 0.3) is 0 Å². The first-order chi connectivity index (χ1) is 6.76. The molecule has 14 heavy (non-hydrogen) atoms. The van der Waals surface area contributed by atoms with E-state index in [9.17, 15) is 0 Å². The number of nitrogens with zero attached hydrogens (tertiary/aromatic N) is 1. The maximum Gasteiger partial charge on any atom is 0.0757 e. The van der Waals surface area contributed by atoms with Gasteiger partial charge in [0, 0.05) is 16.5 Å². The molecule has 1 nitrogen and oxygen atoms in total. The Balaban J connectivity index is 2.49. The third-order valence-electron chi connectivity index (χ3n) is 2.26. The molecule has 0 unspecified atom stereocenters. The molecule has 1 aliphatic rings. The highest BCUT2D eigenvalue weighted by molar-refractivity contribution is 8.03. The molecule has 0 radical (unpaired) electrons. The van der Waals surface area contributed by atoms with Crippen molar-refractivity contribution in [2.75, 3.05) is 11.4 Å². The van der Waals surface area contributed by atoms with Crippen LogP contribution in [0.5, 0.6) is 0 Å². The van der Waals surface area contributed by atoms with Gasteiger partial charge in [0.15, 0.2) is 0 Å². The molecule has 1 aromatic carbocycles. The summed E-state index contributed by atoms with van der Waals surface area (Å²) in [5, 5.41) is 2.10. The normalized spacial score (nSPS) is 17.6. The van der Waals surface area contributed by atoms with Gasteiger partial charge >= 0.3 is 0 Å². The minimum absolute atomic E-state index is 0.806. The monoisotopic (exact) mass is 225 g/mol. The molecular formula is C11H12ClNS. The number of fused-ring (bicyclic) bond motifs is 1. The molecule has 0 fully saturated rings. The first-order valence-electron chi connectivity index (χ1n) is 4.67. The van der Waals surface area contributed by atoms with Gasteiger partial charge in [0.25, 0.3) is 0 Å². The molecule has 0 saturated heterocycles. The highest BCUT2D eigenvalue weighted by Gasteiger charge is 2.22. The highest BCUT2D eigenvalue weighted by atomic mass is 35.5.